The quantitative estimate of drug-likeness (QED) is 0.581. The number of ether oxygens (including phenoxy) is 1. The normalized spacial score (nSPS) is 12.4. The van der Waals surface area contributed by atoms with E-state index in [2.05, 4.69) is 10.6 Å². The summed E-state index contributed by atoms with van der Waals surface area (Å²) in [6.45, 7) is 7.49. The van der Waals surface area contributed by atoms with Crippen molar-refractivity contribution in [1.82, 2.24) is 10.6 Å². The standard InChI is InChI=1S/C13H24N2O5S/c1-5-14-10(16)6-7-21-8-9(11(17)18)15-12(19)20-13(2,3)4/h9H,5-8H2,1-4H3,(H,14,16)(H,15,19)(H,17,18). The average molecular weight is 320 g/mol. The largest absolute Gasteiger partial charge is 0.480 e. The number of hydrogen-bond donors (Lipinski definition) is 3. The third-order valence-electron chi connectivity index (χ3n) is 2.12. The Kier molecular flexibility index (Phi) is 8.84. The van der Waals surface area contributed by atoms with Crippen LogP contribution in [0.4, 0.5) is 4.79 Å². The van der Waals surface area contributed by atoms with Gasteiger partial charge in [0, 0.05) is 24.5 Å². The molecule has 0 aliphatic rings. The Bertz CT molecular complexity index is 368. The molecule has 8 heteroatoms. The molecule has 0 aromatic rings. The van der Waals surface area contributed by atoms with Gasteiger partial charge in [-0.25, -0.2) is 9.59 Å². The topological polar surface area (TPSA) is 105 Å². The number of hydrogen-bond acceptors (Lipinski definition) is 5. The molecule has 7 nitrogen and oxygen atoms in total. The second-order valence-electron chi connectivity index (χ2n) is 5.32. The van der Waals surface area contributed by atoms with Gasteiger partial charge >= 0.3 is 12.1 Å². The summed E-state index contributed by atoms with van der Waals surface area (Å²) >= 11 is 1.29. The van der Waals surface area contributed by atoms with Crippen LogP contribution in [0.15, 0.2) is 0 Å². The second-order valence-corrected chi connectivity index (χ2v) is 6.47. The van der Waals surface area contributed by atoms with Crippen LogP contribution >= 0.6 is 11.8 Å². The Morgan fingerprint density at radius 2 is 1.90 bits per heavy atom. The first-order valence-electron chi connectivity index (χ1n) is 6.72. The Labute approximate surface area is 129 Å². The first-order valence-corrected chi connectivity index (χ1v) is 7.88. The van der Waals surface area contributed by atoms with Crippen molar-refractivity contribution in [3.8, 4) is 0 Å². The van der Waals surface area contributed by atoms with Gasteiger partial charge in [0.2, 0.25) is 5.91 Å². The molecule has 0 radical (unpaired) electrons. The van der Waals surface area contributed by atoms with E-state index in [1.165, 1.54) is 11.8 Å². The molecule has 0 saturated carbocycles. The Hall–Kier alpha value is -1.44. The predicted molar refractivity (Wildman–Crippen MR) is 81.4 cm³/mol. The van der Waals surface area contributed by atoms with Crippen molar-refractivity contribution in [3.63, 3.8) is 0 Å². The lowest BCUT2D eigenvalue weighted by atomic mass is 10.2. The van der Waals surface area contributed by atoms with Gasteiger partial charge in [-0.2, -0.15) is 11.8 Å². The van der Waals surface area contributed by atoms with E-state index in [1.54, 1.807) is 20.8 Å². The zero-order chi connectivity index (χ0) is 16.5. The van der Waals surface area contributed by atoms with Crippen LogP contribution in [-0.2, 0) is 14.3 Å². The van der Waals surface area contributed by atoms with Crippen molar-refractivity contribution >= 4 is 29.7 Å². The average Bonchev–Trinajstić information content (AvgIpc) is 2.30. The van der Waals surface area contributed by atoms with Gasteiger partial charge in [-0.3, -0.25) is 4.79 Å². The van der Waals surface area contributed by atoms with Gasteiger partial charge in [0.25, 0.3) is 0 Å². The molecule has 1 unspecified atom stereocenters. The van der Waals surface area contributed by atoms with Crippen molar-refractivity contribution in [2.24, 2.45) is 0 Å². The molecular weight excluding hydrogens is 296 g/mol. The zero-order valence-electron chi connectivity index (χ0n) is 12.9. The molecule has 0 spiro atoms. The summed E-state index contributed by atoms with van der Waals surface area (Å²) in [5.74, 6) is -0.539. The summed E-state index contributed by atoms with van der Waals surface area (Å²) in [6.07, 6.45) is -0.448. The first-order chi connectivity index (χ1) is 9.65. The van der Waals surface area contributed by atoms with Gasteiger partial charge in [-0.05, 0) is 27.7 Å². The fraction of sp³-hybridized carbons (Fsp3) is 0.769. The van der Waals surface area contributed by atoms with Crippen LogP contribution in [0.2, 0.25) is 0 Å². The van der Waals surface area contributed by atoms with Gasteiger partial charge in [0.15, 0.2) is 0 Å². The fourth-order valence-electron chi connectivity index (χ4n) is 1.28. The molecule has 0 aliphatic carbocycles. The molecule has 122 valence electrons. The number of amides is 2. The van der Waals surface area contributed by atoms with E-state index in [4.69, 9.17) is 9.84 Å². The number of carbonyl (C=O) groups excluding carboxylic acids is 2. The molecule has 0 aliphatic heterocycles. The number of rotatable bonds is 8. The Balaban J connectivity index is 4.12. The molecule has 0 saturated heterocycles. The van der Waals surface area contributed by atoms with E-state index in [-0.39, 0.29) is 11.7 Å². The number of carboxylic acid groups (broad SMARTS) is 1. The summed E-state index contributed by atoms with van der Waals surface area (Å²) in [4.78, 5) is 33.8. The lowest BCUT2D eigenvalue weighted by Crippen LogP contribution is -2.45. The van der Waals surface area contributed by atoms with E-state index in [0.717, 1.165) is 0 Å². The van der Waals surface area contributed by atoms with Gasteiger partial charge in [-0.15, -0.1) is 0 Å². The summed E-state index contributed by atoms with van der Waals surface area (Å²) in [6, 6.07) is -1.04. The molecule has 2 amide bonds. The lowest BCUT2D eigenvalue weighted by Gasteiger charge is -2.21. The van der Waals surface area contributed by atoms with Crippen molar-refractivity contribution < 1.29 is 24.2 Å². The Morgan fingerprint density at radius 1 is 1.29 bits per heavy atom. The first kappa shape index (κ1) is 19.6. The Morgan fingerprint density at radius 3 is 2.38 bits per heavy atom. The van der Waals surface area contributed by atoms with Crippen LogP contribution in [0, 0.1) is 0 Å². The molecule has 0 bridgehead atoms. The van der Waals surface area contributed by atoms with Crippen LogP contribution < -0.4 is 10.6 Å². The predicted octanol–water partition coefficient (Wildman–Crippen LogP) is 1.22. The smallest absolute Gasteiger partial charge is 0.408 e. The van der Waals surface area contributed by atoms with Gasteiger partial charge in [0.1, 0.15) is 11.6 Å². The van der Waals surface area contributed by atoms with Gasteiger partial charge < -0.3 is 20.5 Å². The van der Waals surface area contributed by atoms with E-state index in [9.17, 15) is 14.4 Å². The van der Waals surface area contributed by atoms with Crippen LogP contribution in [-0.4, -0.2) is 52.8 Å². The van der Waals surface area contributed by atoms with Crippen molar-refractivity contribution in [2.45, 2.75) is 45.8 Å². The van der Waals surface area contributed by atoms with Crippen LogP contribution in [0.1, 0.15) is 34.1 Å². The maximum absolute atomic E-state index is 11.5. The van der Waals surface area contributed by atoms with E-state index in [0.29, 0.717) is 18.7 Å². The van der Waals surface area contributed by atoms with Crippen molar-refractivity contribution in [3.05, 3.63) is 0 Å². The SMILES string of the molecule is CCNC(=O)CCSCC(NC(=O)OC(C)(C)C)C(=O)O. The lowest BCUT2D eigenvalue weighted by molar-refractivity contribution is -0.138. The third kappa shape index (κ3) is 10.9. The minimum absolute atomic E-state index is 0.0722. The van der Waals surface area contributed by atoms with Crippen molar-refractivity contribution in [2.75, 3.05) is 18.1 Å². The molecule has 0 fully saturated rings. The van der Waals surface area contributed by atoms with E-state index >= 15 is 0 Å². The summed E-state index contributed by atoms with van der Waals surface area (Å²) < 4.78 is 5.01. The molecule has 21 heavy (non-hydrogen) atoms. The summed E-state index contributed by atoms with van der Waals surface area (Å²) in [5, 5.41) is 14.0. The summed E-state index contributed by atoms with van der Waals surface area (Å²) in [7, 11) is 0. The number of carboxylic acids is 1. The maximum atomic E-state index is 11.5. The highest BCUT2D eigenvalue weighted by atomic mass is 32.2. The number of thioether (sulfide) groups is 1. The monoisotopic (exact) mass is 320 g/mol. The minimum Gasteiger partial charge on any atom is -0.480 e. The van der Waals surface area contributed by atoms with Gasteiger partial charge in [-0.1, -0.05) is 0 Å². The van der Waals surface area contributed by atoms with Gasteiger partial charge in [0.05, 0.1) is 0 Å². The molecule has 0 aromatic heterocycles. The highest BCUT2D eigenvalue weighted by molar-refractivity contribution is 7.99. The number of aliphatic carboxylic acids is 1. The van der Waals surface area contributed by atoms with Crippen molar-refractivity contribution in [1.29, 1.82) is 0 Å². The summed E-state index contributed by atoms with van der Waals surface area (Å²) in [5.41, 5.74) is -0.682. The second kappa shape index (κ2) is 9.49. The van der Waals surface area contributed by atoms with Crippen LogP contribution in [0.25, 0.3) is 0 Å². The van der Waals surface area contributed by atoms with Crippen LogP contribution in [0.3, 0.4) is 0 Å². The number of nitrogens with one attached hydrogen (secondary N) is 2. The molecule has 0 aromatic carbocycles. The van der Waals surface area contributed by atoms with Crippen LogP contribution in [0.5, 0.6) is 0 Å². The number of carbonyl (C=O) groups is 3. The molecule has 0 heterocycles. The molecule has 0 rings (SSSR count). The highest BCUT2D eigenvalue weighted by Gasteiger charge is 2.23. The zero-order valence-corrected chi connectivity index (χ0v) is 13.7. The van der Waals surface area contributed by atoms with E-state index < -0.39 is 23.7 Å². The third-order valence-corrected chi connectivity index (χ3v) is 3.18. The minimum atomic E-state index is -1.13. The number of alkyl carbamates (subject to hydrolysis) is 1. The highest BCUT2D eigenvalue weighted by Crippen LogP contribution is 2.09. The fourth-order valence-corrected chi connectivity index (χ4v) is 2.23. The molecule has 3 N–H and O–H groups in total. The maximum Gasteiger partial charge on any atom is 0.408 e. The van der Waals surface area contributed by atoms with E-state index in [1.807, 2.05) is 6.92 Å². The molecule has 1 atom stereocenters. The molecular formula is C13H24N2O5S.